The van der Waals surface area contributed by atoms with E-state index in [9.17, 15) is 4.79 Å². The van der Waals surface area contributed by atoms with Gasteiger partial charge in [-0.15, -0.1) is 11.8 Å². The van der Waals surface area contributed by atoms with Gasteiger partial charge in [0, 0.05) is 21.4 Å². The van der Waals surface area contributed by atoms with Gasteiger partial charge in [-0.2, -0.15) is 0 Å². The summed E-state index contributed by atoms with van der Waals surface area (Å²) in [5.74, 6) is 5.99. The van der Waals surface area contributed by atoms with E-state index >= 15 is 0 Å². The highest BCUT2D eigenvalue weighted by molar-refractivity contribution is 8.00. The van der Waals surface area contributed by atoms with E-state index in [1.807, 2.05) is 11.8 Å². The molecule has 0 saturated carbocycles. The zero-order chi connectivity index (χ0) is 21.1. The molecule has 1 aromatic carbocycles. The normalized spacial score (nSPS) is 16.3. The van der Waals surface area contributed by atoms with Crippen LogP contribution >= 0.6 is 11.8 Å². The van der Waals surface area contributed by atoms with Crippen LogP contribution in [-0.4, -0.2) is 22.3 Å². The van der Waals surface area contributed by atoms with E-state index in [0.717, 1.165) is 5.56 Å². The summed E-state index contributed by atoms with van der Waals surface area (Å²) in [5, 5.41) is 0. The van der Waals surface area contributed by atoms with E-state index in [0.29, 0.717) is 22.6 Å². The highest BCUT2D eigenvalue weighted by atomic mass is 32.2. The van der Waals surface area contributed by atoms with Gasteiger partial charge < -0.3 is 4.74 Å². The maximum absolute atomic E-state index is 11.7. The lowest BCUT2D eigenvalue weighted by atomic mass is 9.74. The molecule has 0 atom stereocenters. The summed E-state index contributed by atoms with van der Waals surface area (Å²) in [6.45, 7) is 11.4. The van der Waals surface area contributed by atoms with Crippen molar-refractivity contribution in [2.24, 2.45) is 0 Å². The molecule has 0 radical (unpaired) electrons. The quantitative estimate of drug-likeness (QED) is 0.461. The Bertz CT molecular complexity index is 947. The lowest BCUT2D eigenvalue weighted by Crippen LogP contribution is -2.37. The zero-order valence-electron chi connectivity index (χ0n) is 18.0. The van der Waals surface area contributed by atoms with E-state index in [1.165, 1.54) is 35.9 Å². The summed E-state index contributed by atoms with van der Waals surface area (Å²) in [6.07, 6.45) is 5.07. The molecule has 1 aliphatic rings. The maximum atomic E-state index is 11.7. The largest absolute Gasteiger partial charge is 0.462 e. The minimum Gasteiger partial charge on any atom is -0.462 e. The molecule has 2 aromatic rings. The molecule has 3 rings (SSSR count). The third-order valence-electron chi connectivity index (χ3n) is 5.70. The van der Waals surface area contributed by atoms with Crippen LogP contribution in [0.2, 0.25) is 0 Å². The average Bonchev–Trinajstić information content (AvgIpc) is 2.72. The SMILES string of the molecule is CCOC(=O)c1ccc(C#Cc2ccc3c(c2)C(C)(C)CC(CC)(CC)S3)nc1. The minimum absolute atomic E-state index is 0.129. The molecule has 3 nitrogen and oxygen atoms in total. The smallest absolute Gasteiger partial charge is 0.339 e. The number of hydrogen-bond acceptors (Lipinski definition) is 4. The molecule has 0 unspecified atom stereocenters. The second kappa shape index (κ2) is 8.63. The molecule has 0 bridgehead atoms. The van der Waals surface area contributed by atoms with Crippen molar-refractivity contribution < 1.29 is 9.53 Å². The summed E-state index contributed by atoms with van der Waals surface area (Å²) in [6, 6.07) is 10.0. The number of fused-ring (bicyclic) bond motifs is 1. The van der Waals surface area contributed by atoms with Gasteiger partial charge in [0.2, 0.25) is 0 Å². The van der Waals surface area contributed by atoms with Gasteiger partial charge in [-0.1, -0.05) is 33.6 Å². The number of esters is 1. The van der Waals surface area contributed by atoms with Crippen LogP contribution in [0.1, 0.15) is 81.1 Å². The van der Waals surface area contributed by atoms with Gasteiger partial charge >= 0.3 is 5.97 Å². The fraction of sp³-hybridized carbons (Fsp3) is 0.440. The van der Waals surface area contributed by atoms with Crippen LogP contribution in [0, 0.1) is 11.8 Å². The van der Waals surface area contributed by atoms with Crippen LogP contribution in [-0.2, 0) is 10.2 Å². The minimum atomic E-state index is -0.357. The van der Waals surface area contributed by atoms with Crippen molar-refractivity contribution in [1.82, 2.24) is 4.98 Å². The Balaban J connectivity index is 1.84. The van der Waals surface area contributed by atoms with Crippen LogP contribution in [0.5, 0.6) is 0 Å². The predicted octanol–water partition coefficient (Wildman–Crippen LogP) is 5.99. The second-order valence-electron chi connectivity index (χ2n) is 8.17. The summed E-state index contributed by atoms with van der Waals surface area (Å²) >= 11 is 2.03. The first kappa shape index (κ1) is 21.5. The predicted molar refractivity (Wildman–Crippen MR) is 119 cm³/mol. The van der Waals surface area contributed by atoms with E-state index < -0.39 is 0 Å². The van der Waals surface area contributed by atoms with Gasteiger partial charge in [-0.3, -0.25) is 0 Å². The lowest BCUT2D eigenvalue weighted by molar-refractivity contribution is 0.0526. The third kappa shape index (κ3) is 4.67. The van der Waals surface area contributed by atoms with Gasteiger partial charge in [0.15, 0.2) is 0 Å². The second-order valence-corrected chi connectivity index (χ2v) is 9.68. The van der Waals surface area contributed by atoms with E-state index in [4.69, 9.17) is 4.74 Å². The summed E-state index contributed by atoms with van der Waals surface area (Å²) in [4.78, 5) is 17.4. The van der Waals surface area contributed by atoms with Crippen molar-refractivity contribution in [3.8, 4) is 11.8 Å². The molecule has 0 N–H and O–H groups in total. The molecule has 0 aliphatic carbocycles. The van der Waals surface area contributed by atoms with Gasteiger partial charge in [-0.05, 0) is 73.4 Å². The summed E-state index contributed by atoms with van der Waals surface area (Å²) in [5.41, 5.74) is 3.59. The van der Waals surface area contributed by atoms with Crippen molar-refractivity contribution in [3.05, 3.63) is 58.9 Å². The highest BCUT2D eigenvalue weighted by Gasteiger charge is 2.41. The molecule has 0 fully saturated rings. The van der Waals surface area contributed by atoms with Gasteiger partial charge in [0.1, 0.15) is 5.69 Å². The van der Waals surface area contributed by atoms with Crippen molar-refractivity contribution in [3.63, 3.8) is 0 Å². The van der Waals surface area contributed by atoms with E-state index in [2.05, 4.69) is 62.7 Å². The Morgan fingerprint density at radius 3 is 2.52 bits per heavy atom. The lowest BCUT2D eigenvalue weighted by Gasteiger charge is -2.45. The number of ether oxygens (including phenoxy) is 1. The van der Waals surface area contributed by atoms with Crippen molar-refractivity contribution in [2.75, 3.05) is 6.61 Å². The number of carbonyl (C=O) groups excluding carboxylic acids is 1. The first-order valence-corrected chi connectivity index (χ1v) is 11.1. The van der Waals surface area contributed by atoms with E-state index in [1.54, 1.807) is 19.1 Å². The van der Waals surface area contributed by atoms with Gasteiger partial charge in [0.25, 0.3) is 0 Å². The van der Waals surface area contributed by atoms with Crippen LogP contribution in [0.25, 0.3) is 0 Å². The fourth-order valence-corrected chi connectivity index (χ4v) is 5.75. The average molecular weight is 408 g/mol. The third-order valence-corrected chi connectivity index (χ3v) is 7.43. The number of pyridine rings is 1. The number of nitrogens with zero attached hydrogens (tertiary/aromatic N) is 1. The van der Waals surface area contributed by atoms with Crippen molar-refractivity contribution in [2.45, 2.75) is 68.9 Å². The molecule has 152 valence electrons. The number of aromatic nitrogens is 1. The number of benzene rings is 1. The Kier molecular flexibility index (Phi) is 6.39. The Labute approximate surface area is 178 Å². The fourth-order valence-electron chi connectivity index (χ4n) is 3.98. The number of hydrogen-bond donors (Lipinski definition) is 0. The van der Waals surface area contributed by atoms with Gasteiger partial charge in [-0.25, -0.2) is 9.78 Å². The molecule has 0 amide bonds. The maximum Gasteiger partial charge on any atom is 0.339 e. The number of rotatable bonds is 4. The Morgan fingerprint density at radius 2 is 1.90 bits per heavy atom. The first-order chi connectivity index (χ1) is 13.8. The molecular formula is C25H29NO2S. The van der Waals surface area contributed by atoms with Crippen molar-refractivity contribution in [1.29, 1.82) is 0 Å². The molecular weight excluding hydrogens is 378 g/mol. The molecule has 1 aliphatic heterocycles. The number of thioether (sulfide) groups is 1. The molecule has 2 heterocycles. The molecule has 4 heteroatoms. The molecule has 29 heavy (non-hydrogen) atoms. The Hall–Kier alpha value is -2.25. The highest BCUT2D eigenvalue weighted by Crippen LogP contribution is 2.54. The molecule has 1 aromatic heterocycles. The van der Waals surface area contributed by atoms with Crippen LogP contribution < -0.4 is 0 Å². The van der Waals surface area contributed by atoms with Crippen molar-refractivity contribution >= 4 is 17.7 Å². The molecule has 0 spiro atoms. The van der Waals surface area contributed by atoms with Crippen LogP contribution in [0.3, 0.4) is 0 Å². The van der Waals surface area contributed by atoms with Crippen LogP contribution in [0.15, 0.2) is 41.4 Å². The standard InChI is InChI=1S/C25H29NO2S/c1-6-25(7-2)17-24(4,5)21-15-18(10-14-22(21)29-25)9-12-20-13-11-19(16-26-20)23(27)28-8-3/h10-11,13-16H,6-8,17H2,1-5H3. The summed E-state index contributed by atoms with van der Waals surface area (Å²) in [7, 11) is 0. The van der Waals surface area contributed by atoms with Crippen LogP contribution in [0.4, 0.5) is 0 Å². The first-order valence-electron chi connectivity index (χ1n) is 10.3. The zero-order valence-corrected chi connectivity index (χ0v) is 18.8. The summed E-state index contributed by atoms with van der Waals surface area (Å²) < 4.78 is 5.31. The van der Waals surface area contributed by atoms with E-state index in [-0.39, 0.29) is 11.4 Å². The molecule has 0 saturated heterocycles. The Morgan fingerprint density at radius 1 is 1.14 bits per heavy atom. The topological polar surface area (TPSA) is 39.2 Å². The van der Waals surface area contributed by atoms with Gasteiger partial charge in [0.05, 0.1) is 12.2 Å². The monoisotopic (exact) mass is 407 g/mol. The number of carbonyl (C=O) groups is 1.